The van der Waals surface area contributed by atoms with Crippen LogP contribution in [0.25, 0.3) is 11.2 Å². The Morgan fingerprint density at radius 3 is 2.57 bits per heavy atom. The molecule has 4 atom stereocenters. The molecule has 0 N–H and O–H groups in total. The van der Waals surface area contributed by atoms with Gasteiger partial charge in [0.25, 0.3) is 6.47 Å². The molecule has 1 saturated heterocycles. The second-order valence-electron chi connectivity index (χ2n) is 6.03. The predicted molar refractivity (Wildman–Crippen MR) is 92.1 cm³/mol. The fraction of sp³-hybridized carbons (Fsp3) is 0.500. The number of ether oxygens (including phenoxy) is 4. The Kier molecular flexibility index (Phi) is 5.75. The van der Waals surface area contributed by atoms with Gasteiger partial charge in [0.15, 0.2) is 29.2 Å². The lowest BCUT2D eigenvalue weighted by Gasteiger charge is -2.23. The van der Waals surface area contributed by atoms with Gasteiger partial charge in [0.05, 0.1) is 6.33 Å². The van der Waals surface area contributed by atoms with Gasteiger partial charge in [-0.2, -0.15) is 0 Å². The molecule has 11 nitrogen and oxygen atoms in total. The maximum Gasteiger partial charge on any atom is 0.303 e. The topological polar surface area (TPSA) is 132 Å². The molecule has 0 saturated carbocycles. The van der Waals surface area contributed by atoms with Gasteiger partial charge >= 0.3 is 11.9 Å². The zero-order valence-corrected chi connectivity index (χ0v) is 16.0. The highest BCUT2D eigenvalue weighted by Gasteiger charge is 2.50. The van der Waals surface area contributed by atoms with E-state index in [1.807, 2.05) is 0 Å². The van der Waals surface area contributed by atoms with Gasteiger partial charge in [-0.3, -0.25) is 19.0 Å². The van der Waals surface area contributed by atoms with Crippen LogP contribution in [0.2, 0.25) is 5.15 Å². The van der Waals surface area contributed by atoms with Gasteiger partial charge < -0.3 is 18.9 Å². The molecule has 3 heterocycles. The molecular weight excluding hydrogens is 396 g/mol. The van der Waals surface area contributed by atoms with Gasteiger partial charge in [0, 0.05) is 13.8 Å². The van der Waals surface area contributed by atoms with E-state index in [4.69, 9.17) is 30.5 Å². The monoisotopic (exact) mass is 412 g/mol. The van der Waals surface area contributed by atoms with E-state index in [9.17, 15) is 14.4 Å². The van der Waals surface area contributed by atoms with Gasteiger partial charge in [0.1, 0.15) is 24.1 Å². The first kappa shape index (κ1) is 20.0. The van der Waals surface area contributed by atoms with Crippen LogP contribution in [0.3, 0.4) is 0 Å². The lowest BCUT2D eigenvalue weighted by atomic mass is 10.1. The molecule has 12 heteroatoms. The molecule has 1 aliphatic rings. The third kappa shape index (κ3) is 3.90. The number of nitrogens with zero attached hydrogens (tertiary/aromatic N) is 4. The second kappa shape index (κ2) is 8.07. The Hall–Kier alpha value is -2.79. The summed E-state index contributed by atoms with van der Waals surface area (Å²) in [7, 11) is 0. The van der Waals surface area contributed by atoms with E-state index in [2.05, 4.69) is 15.0 Å². The molecule has 3 rings (SSSR count). The molecule has 0 bridgehead atoms. The summed E-state index contributed by atoms with van der Waals surface area (Å²) in [6.45, 7) is 4.11. The first-order valence-electron chi connectivity index (χ1n) is 8.23. The number of rotatable bonds is 6. The van der Waals surface area contributed by atoms with E-state index < -0.39 is 36.5 Å². The molecule has 2 aromatic rings. The molecule has 1 aliphatic heterocycles. The van der Waals surface area contributed by atoms with E-state index in [0.717, 1.165) is 0 Å². The highest BCUT2D eigenvalue weighted by atomic mass is 35.5. The van der Waals surface area contributed by atoms with Crippen molar-refractivity contribution in [3.05, 3.63) is 17.3 Å². The first-order chi connectivity index (χ1) is 13.3. The summed E-state index contributed by atoms with van der Waals surface area (Å²) < 4.78 is 22.8. The number of hydrogen-bond acceptors (Lipinski definition) is 10. The van der Waals surface area contributed by atoms with Crippen LogP contribution in [0.5, 0.6) is 0 Å². The average Bonchev–Trinajstić information content (AvgIpc) is 3.15. The van der Waals surface area contributed by atoms with Crippen molar-refractivity contribution in [3.63, 3.8) is 0 Å². The number of imidazole rings is 1. The molecule has 150 valence electrons. The van der Waals surface area contributed by atoms with Crippen molar-refractivity contribution in [1.29, 1.82) is 0 Å². The Balaban J connectivity index is 2.05. The molecular formula is C16H17ClN4O7. The van der Waals surface area contributed by atoms with Gasteiger partial charge in [-0.15, -0.1) is 0 Å². The van der Waals surface area contributed by atoms with Crippen LogP contribution in [0.15, 0.2) is 6.33 Å². The number of halogens is 1. The van der Waals surface area contributed by atoms with Crippen molar-refractivity contribution in [2.75, 3.05) is 6.61 Å². The molecule has 2 unspecified atom stereocenters. The minimum atomic E-state index is -1.03. The van der Waals surface area contributed by atoms with Crippen molar-refractivity contribution < 1.29 is 33.3 Å². The van der Waals surface area contributed by atoms with E-state index in [1.54, 1.807) is 6.92 Å². The predicted octanol–water partition coefficient (Wildman–Crippen LogP) is 0.722. The third-order valence-corrected chi connectivity index (χ3v) is 4.25. The number of aromatic nitrogens is 4. The van der Waals surface area contributed by atoms with Crippen molar-refractivity contribution in [2.45, 2.75) is 45.3 Å². The first-order valence-corrected chi connectivity index (χ1v) is 8.61. The quantitative estimate of drug-likeness (QED) is 0.289. The van der Waals surface area contributed by atoms with Crippen molar-refractivity contribution >= 4 is 41.2 Å². The fourth-order valence-electron chi connectivity index (χ4n) is 3.02. The van der Waals surface area contributed by atoms with E-state index >= 15 is 0 Å². The van der Waals surface area contributed by atoms with Crippen LogP contribution < -0.4 is 0 Å². The lowest BCUT2D eigenvalue weighted by molar-refractivity contribution is -0.166. The fourth-order valence-corrected chi connectivity index (χ4v) is 3.28. The summed E-state index contributed by atoms with van der Waals surface area (Å²) >= 11 is 6.12. The van der Waals surface area contributed by atoms with E-state index in [-0.39, 0.29) is 18.2 Å². The molecule has 2 aromatic heterocycles. The van der Waals surface area contributed by atoms with Crippen LogP contribution in [-0.2, 0) is 33.3 Å². The molecule has 0 radical (unpaired) electrons. The molecule has 0 aliphatic carbocycles. The van der Waals surface area contributed by atoms with Gasteiger partial charge in [-0.25, -0.2) is 15.0 Å². The summed E-state index contributed by atoms with van der Waals surface area (Å²) in [6, 6.07) is 0. The summed E-state index contributed by atoms with van der Waals surface area (Å²) in [5.74, 6) is -0.821. The van der Waals surface area contributed by atoms with E-state index in [0.29, 0.717) is 17.0 Å². The smallest absolute Gasteiger partial charge is 0.303 e. The highest BCUT2D eigenvalue weighted by molar-refractivity contribution is 6.33. The van der Waals surface area contributed by atoms with Crippen molar-refractivity contribution in [2.24, 2.45) is 0 Å². The Labute approximate surface area is 163 Å². The summed E-state index contributed by atoms with van der Waals surface area (Å²) in [5, 5.41) is 0.153. The summed E-state index contributed by atoms with van der Waals surface area (Å²) in [5.41, 5.74) is 0.673. The number of carbonyl (C=O) groups excluding carboxylic acids is 3. The van der Waals surface area contributed by atoms with Crippen molar-refractivity contribution in [3.8, 4) is 0 Å². The summed E-state index contributed by atoms with van der Waals surface area (Å²) in [6.07, 6.45) is -2.47. The average molecular weight is 413 g/mol. The second-order valence-corrected chi connectivity index (χ2v) is 6.39. The highest BCUT2D eigenvalue weighted by Crippen LogP contribution is 2.36. The molecule has 0 amide bonds. The largest absolute Gasteiger partial charge is 0.465 e. The molecule has 0 aromatic carbocycles. The van der Waals surface area contributed by atoms with Crippen LogP contribution >= 0.6 is 11.6 Å². The minimum Gasteiger partial charge on any atom is -0.465 e. The minimum absolute atomic E-state index is 0.153. The maximum atomic E-state index is 11.7. The third-order valence-electron chi connectivity index (χ3n) is 3.98. The van der Waals surface area contributed by atoms with E-state index in [1.165, 1.54) is 24.7 Å². The lowest BCUT2D eigenvalue weighted by Crippen LogP contribution is -2.40. The van der Waals surface area contributed by atoms with Gasteiger partial charge in [0.2, 0.25) is 0 Å². The summed E-state index contributed by atoms with van der Waals surface area (Å²) in [4.78, 5) is 46.4. The van der Waals surface area contributed by atoms with Gasteiger partial charge in [-0.05, 0) is 6.92 Å². The number of fused-ring (bicyclic) bond motifs is 1. The number of carbonyl (C=O) groups is 3. The van der Waals surface area contributed by atoms with Crippen LogP contribution in [0, 0.1) is 6.92 Å². The standard InChI is InChI=1S/C16H17ClN4O7/c1-7-19-14(17)11-15(20-7)21(5-18-11)16-13(27-9(3)24)12(26-8(2)23)10(28-16)4-25-6-22/h5-6,10,12-13,16H,4H2,1-3H3/t10-,12?,13-,16?/m1/s1. The number of aryl methyl sites for hydroxylation is 1. The zero-order valence-electron chi connectivity index (χ0n) is 15.2. The number of hydrogen-bond donors (Lipinski definition) is 0. The van der Waals surface area contributed by atoms with Crippen LogP contribution in [-0.4, -0.2) is 62.8 Å². The Morgan fingerprint density at radius 1 is 1.25 bits per heavy atom. The van der Waals surface area contributed by atoms with Crippen molar-refractivity contribution in [1.82, 2.24) is 19.5 Å². The van der Waals surface area contributed by atoms with Gasteiger partial charge in [-0.1, -0.05) is 11.6 Å². The Bertz CT molecular complexity index is 918. The van der Waals surface area contributed by atoms with Crippen LogP contribution in [0.1, 0.15) is 25.9 Å². The van der Waals surface area contributed by atoms with Crippen LogP contribution in [0.4, 0.5) is 0 Å². The molecule has 1 fully saturated rings. The SMILES string of the molecule is CC(=O)OC1[C@@H](OC(C)=O)C(n2cnc3c(Cl)nc(C)nc32)O[C@@H]1COC=O. The zero-order chi connectivity index (χ0) is 20.4. The normalized spacial score (nSPS) is 24.1. The number of esters is 2. The Morgan fingerprint density at radius 2 is 1.93 bits per heavy atom. The maximum absolute atomic E-state index is 11.7. The molecule has 0 spiro atoms. The molecule has 28 heavy (non-hydrogen) atoms.